The molecular formula is C22H20N4O4. The third-order valence-corrected chi connectivity index (χ3v) is 5.50. The van der Waals surface area contributed by atoms with Gasteiger partial charge in [-0.1, -0.05) is 36.2 Å². The van der Waals surface area contributed by atoms with E-state index in [1.807, 2.05) is 24.3 Å². The van der Waals surface area contributed by atoms with Crippen molar-refractivity contribution in [3.63, 3.8) is 0 Å². The van der Waals surface area contributed by atoms with E-state index in [-0.39, 0.29) is 29.7 Å². The zero-order chi connectivity index (χ0) is 20.5. The molecule has 8 heteroatoms. The fourth-order valence-corrected chi connectivity index (χ4v) is 3.97. The first-order chi connectivity index (χ1) is 14.7. The lowest BCUT2D eigenvalue weighted by Gasteiger charge is -2.16. The fraction of sp³-hybridized carbons (Fsp3) is 0.273. The molecule has 4 aromatic rings. The van der Waals surface area contributed by atoms with E-state index in [0.29, 0.717) is 22.6 Å². The summed E-state index contributed by atoms with van der Waals surface area (Å²) < 4.78 is 12.0. The first-order valence-corrected chi connectivity index (χ1v) is 10.00. The van der Waals surface area contributed by atoms with Gasteiger partial charge in [0.05, 0.1) is 29.9 Å². The van der Waals surface area contributed by atoms with Gasteiger partial charge < -0.3 is 14.3 Å². The second kappa shape index (κ2) is 7.62. The number of fused-ring (bicyclic) bond motifs is 1. The largest absolute Gasteiger partial charge is 0.461 e. The number of nitrogens with one attached hydrogen (secondary N) is 1. The summed E-state index contributed by atoms with van der Waals surface area (Å²) >= 11 is 0. The average molecular weight is 404 g/mol. The maximum absolute atomic E-state index is 12.9. The van der Waals surface area contributed by atoms with Crippen LogP contribution >= 0.6 is 0 Å². The van der Waals surface area contributed by atoms with Crippen LogP contribution in [0.2, 0.25) is 0 Å². The Morgan fingerprint density at radius 1 is 1.10 bits per heavy atom. The van der Waals surface area contributed by atoms with E-state index in [4.69, 9.17) is 8.94 Å². The molecule has 5 rings (SSSR count). The van der Waals surface area contributed by atoms with Gasteiger partial charge in [0.15, 0.2) is 11.5 Å². The molecule has 0 unspecified atom stereocenters. The molecule has 0 bridgehead atoms. The molecule has 8 nitrogen and oxygen atoms in total. The molecule has 1 aliphatic carbocycles. The molecule has 1 aliphatic rings. The second-order valence-corrected chi connectivity index (χ2v) is 7.42. The van der Waals surface area contributed by atoms with Crippen LogP contribution in [0.3, 0.4) is 0 Å². The Balaban J connectivity index is 1.41. The number of furan rings is 1. The zero-order valence-electron chi connectivity index (χ0n) is 16.2. The highest BCUT2D eigenvalue weighted by Crippen LogP contribution is 2.28. The van der Waals surface area contributed by atoms with Crippen molar-refractivity contribution in [3.8, 4) is 11.5 Å². The topological polar surface area (TPSA) is 103 Å². The number of nitrogens with zero attached hydrogens (tertiary/aromatic N) is 3. The minimum absolute atomic E-state index is 0.0767. The van der Waals surface area contributed by atoms with Crippen molar-refractivity contribution in [2.75, 3.05) is 0 Å². The normalized spacial score (nSPS) is 14.4. The number of carbonyl (C=O) groups excluding carboxylic acids is 1. The highest BCUT2D eigenvalue weighted by molar-refractivity contribution is 5.93. The zero-order valence-corrected chi connectivity index (χ0v) is 16.2. The summed E-state index contributed by atoms with van der Waals surface area (Å²) in [5, 5.41) is 12.6. The molecule has 0 radical (unpaired) electrons. The molecule has 1 amide bonds. The van der Waals surface area contributed by atoms with Gasteiger partial charge in [0, 0.05) is 11.5 Å². The third kappa shape index (κ3) is 3.30. The van der Waals surface area contributed by atoms with Gasteiger partial charge in [0.2, 0.25) is 5.76 Å². The third-order valence-electron chi connectivity index (χ3n) is 5.50. The Hall–Kier alpha value is -3.68. The molecule has 0 spiro atoms. The van der Waals surface area contributed by atoms with Gasteiger partial charge in [0.1, 0.15) is 0 Å². The first-order valence-electron chi connectivity index (χ1n) is 10.00. The predicted octanol–water partition coefficient (Wildman–Crippen LogP) is 3.69. The van der Waals surface area contributed by atoms with Gasteiger partial charge >= 0.3 is 0 Å². The molecule has 152 valence electrons. The van der Waals surface area contributed by atoms with Crippen LogP contribution in [0, 0.1) is 0 Å². The molecule has 1 saturated carbocycles. The summed E-state index contributed by atoms with van der Waals surface area (Å²) in [5.74, 6) is 0.488. The maximum Gasteiger partial charge on any atom is 0.274 e. The molecule has 3 heterocycles. The summed E-state index contributed by atoms with van der Waals surface area (Å²) in [4.78, 5) is 25.5. The van der Waals surface area contributed by atoms with Crippen LogP contribution in [0.4, 0.5) is 0 Å². The number of aromatic nitrogens is 3. The van der Waals surface area contributed by atoms with Crippen LogP contribution in [-0.4, -0.2) is 20.8 Å². The van der Waals surface area contributed by atoms with Crippen molar-refractivity contribution in [1.29, 1.82) is 0 Å². The van der Waals surface area contributed by atoms with Crippen LogP contribution in [-0.2, 0) is 6.54 Å². The van der Waals surface area contributed by atoms with E-state index in [9.17, 15) is 9.59 Å². The molecule has 0 atom stereocenters. The van der Waals surface area contributed by atoms with E-state index in [1.165, 1.54) is 12.3 Å². The second-order valence-electron chi connectivity index (χ2n) is 7.42. The molecule has 1 N–H and O–H groups in total. The minimum Gasteiger partial charge on any atom is -0.461 e. The number of carbonyl (C=O) groups is 1. The molecule has 0 aliphatic heterocycles. The highest BCUT2D eigenvalue weighted by Gasteiger charge is 2.22. The monoisotopic (exact) mass is 404 g/mol. The highest BCUT2D eigenvalue weighted by atomic mass is 16.5. The Labute approximate surface area is 171 Å². The molecular weight excluding hydrogens is 384 g/mol. The van der Waals surface area contributed by atoms with Gasteiger partial charge in [0.25, 0.3) is 11.5 Å². The van der Waals surface area contributed by atoms with Crippen LogP contribution < -0.4 is 10.9 Å². The van der Waals surface area contributed by atoms with Gasteiger partial charge in [-0.15, -0.1) is 0 Å². The lowest BCUT2D eigenvalue weighted by molar-refractivity contribution is 0.0941. The van der Waals surface area contributed by atoms with Crippen LogP contribution in [0.25, 0.3) is 22.3 Å². The summed E-state index contributed by atoms with van der Waals surface area (Å²) in [5.41, 5.74) is 0.724. The van der Waals surface area contributed by atoms with Crippen molar-refractivity contribution in [2.45, 2.75) is 38.3 Å². The minimum atomic E-state index is -0.388. The number of hydrogen-bond acceptors (Lipinski definition) is 6. The quantitative estimate of drug-likeness (QED) is 0.544. The number of amides is 1. The van der Waals surface area contributed by atoms with Crippen molar-refractivity contribution < 1.29 is 13.7 Å². The van der Waals surface area contributed by atoms with E-state index >= 15 is 0 Å². The Morgan fingerprint density at radius 2 is 1.90 bits per heavy atom. The Kier molecular flexibility index (Phi) is 4.66. The molecule has 0 saturated heterocycles. The van der Waals surface area contributed by atoms with Gasteiger partial charge in [-0.3, -0.25) is 9.59 Å². The first kappa shape index (κ1) is 18.4. The van der Waals surface area contributed by atoms with E-state index in [0.717, 1.165) is 31.1 Å². The SMILES string of the molecule is O=C(NCc1nn(C2CCCC2)c(=O)c2ccccc12)c1cc(-c2ccco2)on1. The Morgan fingerprint density at radius 3 is 2.67 bits per heavy atom. The maximum atomic E-state index is 12.9. The lowest BCUT2D eigenvalue weighted by Crippen LogP contribution is -2.30. The standard InChI is InChI=1S/C22H20N4O4/c27-21(17-12-20(30-25-17)19-10-5-11-29-19)23-13-18-15-8-3-4-9-16(15)22(28)26(24-18)14-6-1-2-7-14/h3-5,8-12,14H,1-2,6-7,13H2,(H,23,27). The molecule has 3 aromatic heterocycles. The van der Waals surface area contributed by atoms with Gasteiger partial charge in [-0.05, 0) is 31.0 Å². The van der Waals surface area contributed by atoms with E-state index < -0.39 is 0 Å². The molecule has 1 aromatic carbocycles. The fourth-order valence-electron chi connectivity index (χ4n) is 3.97. The van der Waals surface area contributed by atoms with Crippen LogP contribution in [0.15, 0.2) is 62.5 Å². The summed E-state index contributed by atoms with van der Waals surface area (Å²) in [6.07, 6.45) is 5.62. The van der Waals surface area contributed by atoms with Gasteiger partial charge in [-0.2, -0.15) is 5.10 Å². The van der Waals surface area contributed by atoms with E-state index in [2.05, 4.69) is 15.6 Å². The summed E-state index contributed by atoms with van der Waals surface area (Å²) in [7, 11) is 0. The van der Waals surface area contributed by atoms with Crippen molar-refractivity contribution in [3.05, 3.63) is 70.5 Å². The van der Waals surface area contributed by atoms with Crippen LogP contribution in [0.5, 0.6) is 0 Å². The van der Waals surface area contributed by atoms with Gasteiger partial charge in [-0.25, -0.2) is 4.68 Å². The van der Waals surface area contributed by atoms with Crippen molar-refractivity contribution >= 4 is 16.7 Å². The number of rotatable bonds is 5. The molecule has 1 fully saturated rings. The van der Waals surface area contributed by atoms with Crippen molar-refractivity contribution in [2.24, 2.45) is 0 Å². The van der Waals surface area contributed by atoms with Crippen LogP contribution in [0.1, 0.15) is 47.9 Å². The number of benzene rings is 1. The number of hydrogen-bond donors (Lipinski definition) is 1. The average Bonchev–Trinajstić information content (AvgIpc) is 3.55. The Bertz CT molecular complexity index is 1250. The molecule has 30 heavy (non-hydrogen) atoms. The predicted molar refractivity (Wildman–Crippen MR) is 109 cm³/mol. The lowest BCUT2D eigenvalue weighted by atomic mass is 10.1. The summed E-state index contributed by atoms with van der Waals surface area (Å²) in [6.45, 7) is 0.176. The van der Waals surface area contributed by atoms with E-state index in [1.54, 1.807) is 16.8 Å². The summed E-state index contributed by atoms with van der Waals surface area (Å²) in [6, 6.07) is 12.5. The van der Waals surface area contributed by atoms with Crippen molar-refractivity contribution in [1.82, 2.24) is 20.3 Å². The smallest absolute Gasteiger partial charge is 0.274 e.